The van der Waals surface area contributed by atoms with Crippen LogP contribution in [0.1, 0.15) is 89.2 Å². The van der Waals surface area contributed by atoms with E-state index in [-0.39, 0.29) is 29.9 Å². The number of fused-ring (bicyclic) bond motifs is 1. The number of Topliss-reactive ketones (excluding diaryl/α,β-unsaturated/α-hetero) is 1. The van der Waals surface area contributed by atoms with E-state index in [2.05, 4.69) is 49.4 Å². The molecule has 0 spiro atoms. The van der Waals surface area contributed by atoms with Gasteiger partial charge in [0.1, 0.15) is 0 Å². The standard InChI is InChI=1S/C14H14O5.C12H16/c1-14(2,7-15)6-11(16)8-3-4-9-10(5-8)13(18)19-12(9)17;1-9(2)11-5-7-12(8-6-11)10(3)4/h3-5,15H,6-7H2,1-2H3;5-8,10H,1H2,2-4H3. The van der Waals surface area contributed by atoms with E-state index in [9.17, 15) is 14.4 Å². The molecule has 0 radical (unpaired) electrons. The summed E-state index contributed by atoms with van der Waals surface area (Å²) in [7, 11) is 0. The first-order valence-electron chi connectivity index (χ1n) is 10.3. The molecule has 31 heavy (non-hydrogen) atoms. The van der Waals surface area contributed by atoms with Gasteiger partial charge in [-0.2, -0.15) is 0 Å². The number of ketones is 1. The second-order valence-electron chi connectivity index (χ2n) is 8.92. The van der Waals surface area contributed by atoms with Gasteiger partial charge >= 0.3 is 11.9 Å². The molecule has 0 aromatic heterocycles. The van der Waals surface area contributed by atoms with Gasteiger partial charge in [-0.05, 0) is 41.5 Å². The number of ether oxygens (including phenoxy) is 1. The lowest BCUT2D eigenvalue weighted by atomic mass is 9.86. The Morgan fingerprint density at radius 1 is 1.00 bits per heavy atom. The van der Waals surface area contributed by atoms with Gasteiger partial charge in [0.05, 0.1) is 11.1 Å². The zero-order valence-corrected chi connectivity index (χ0v) is 18.8. The van der Waals surface area contributed by atoms with Crippen LogP contribution in [0.4, 0.5) is 0 Å². The van der Waals surface area contributed by atoms with E-state index < -0.39 is 17.4 Å². The molecule has 0 amide bonds. The quantitative estimate of drug-likeness (QED) is 0.381. The van der Waals surface area contributed by atoms with Gasteiger partial charge in [-0.15, -0.1) is 0 Å². The summed E-state index contributed by atoms with van der Waals surface area (Å²) < 4.78 is 4.46. The van der Waals surface area contributed by atoms with Crippen molar-refractivity contribution in [1.29, 1.82) is 0 Å². The Morgan fingerprint density at radius 2 is 1.55 bits per heavy atom. The molecule has 2 aromatic rings. The molecule has 164 valence electrons. The number of hydrogen-bond acceptors (Lipinski definition) is 5. The van der Waals surface area contributed by atoms with Crippen molar-refractivity contribution in [3.63, 3.8) is 0 Å². The van der Waals surface area contributed by atoms with Crippen molar-refractivity contribution in [1.82, 2.24) is 0 Å². The zero-order chi connectivity index (χ0) is 23.3. The van der Waals surface area contributed by atoms with Crippen molar-refractivity contribution in [3.8, 4) is 0 Å². The van der Waals surface area contributed by atoms with Gasteiger partial charge in [-0.3, -0.25) is 4.79 Å². The highest BCUT2D eigenvalue weighted by molar-refractivity contribution is 6.15. The van der Waals surface area contributed by atoms with Crippen LogP contribution in [0.15, 0.2) is 49.0 Å². The van der Waals surface area contributed by atoms with Crippen molar-refractivity contribution in [3.05, 3.63) is 76.9 Å². The number of cyclic esters (lactones) is 2. The topological polar surface area (TPSA) is 80.7 Å². The molecule has 5 nitrogen and oxygen atoms in total. The average molecular weight is 423 g/mol. The van der Waals surface area contributed by atoms with Crippen LogP contribution in [0.2, 0.25) is 0 Å². The SMILES string of the molecule is C=C(C)c1ccc(C(C)C)cc1.CC(C)(CO)CC(=O)c1ccc2c(c1)C(=O)OC2=O. The molecular weight excluding hydrogens is 392 g/mol. The molecule has 0 fully saturated rings. The van der Waals surface area contributed by atoms with Gasteiger partial charge < -0.3 is 9.84 Å². The number of aliphatic hydroxyl groups is 1. The minimum Gasteiger partial charge on any atom is -0.396 e. The summed E-state index contributed by atoms with van der Waals surface area (Å²) in [4.78, 5) is 34.7. The molecule has 2 aromatic carbocycles. The third kappa shape index (κ3) is 6.22. The smallest absolute Gasteiger partial charge is 0.346 e. The molecule has 0 saturated carbocycles. The number of allylic oxidation sites excluding steroid dienone is 1. The number of hydrogen-bond donors (Lipinski definition) is 1. The number of carbonyl (C=O) groups excluding carboxylic acids is 3. The zero-order valence-electron chi connectivity index (χ0n) is 18.8. The van der Waals surface area contributed by atoms with E-state index in [4.69, 9.17) is 5.11 Å². The molecule has 0 unspecified atom stereocenters. The van der Waals surface area contributed by atoms with E-state index in [1.54, 1.807) is 13.8 Å². The van der Waals surface area contributed by atoms with Crippen LogP contribution in [-0.2, 0) is 4.74 Å². The molecule has 1 aliphatic rings. The van der Waals surface area contributed by atoms with Gasteiger partial charge in [-0.25, -0.2) is 9.59 Å². The fourth-order valence-corrected chi connectivity index (χ4v) is 3.00. The van der Waals surface area contributed by atoms with Crippen LogP contribution in [0.5, 0.6) is 0 Å². The highest BCUT2D eigenvalue weighted by Gasteiger charge is 2.31. The van der Waals surface area contributed by atoms with Gasteiger partial charge in [-0.1, -0.05) is 70.2 Å². The fourth-order valence-electron chi connectivity index (χ4n) is 3.00. The van der Waals surface area contributed by atoms with Crippen LogP contribution in [0, 0.1) is 5.41 Å². The molecule has 1 aliphatic heterocycles. The van der Waals surface area contributed by atoms with Crippen molar-refractivity contribution >= 4 is 23.3 Å². The summed E-state index contributed by atoms with van der Waals surface area (Å²) in [6.07, 6.45) is 0.158. The molecule has 0 bridgehead atoms. The highest BCUT2D eigenvalue weighted by atomic mass is 16.6. The van der Waals surface area contributed by atoms with Crippen molar-refractivity contribution in [2.45, 2.75) is 47.0 Å². The molecule has 0 aliphatic carbocycles. The molecule has 3 rings (SSSR count). The Morgan fingerprint density at radius 3 is 2.06 bits per heavy atom. The molecular formula is C26H30O5. The second-order valence-corrected chi connectivity index (χ2v) is 8.92. The number of benzene rings is 2. The van der Waals surface area contributed by atoms with Crippen LogP contribution in [-0.4, -0.2) is 29.4 Å². The van der Waals surface area contributed by atoms with E-state index in [0.29, 0.717) is 11.5 Å². The van der Waals surface area contributed by atoms with Crippen LogP contribution in [0.25, 0.3) is 5.57 Å². The first-order valence-corrected chi connectivity index (χ1v) is 10.3. The number of aliphatic hydroxyl groups excluding tert-OH is 1. The summed E-state index contributed by atoms with van der Waals surface area (Å²) in [6.45, 7) is 13.8. The molecule has 0 saturated heterocycles. The highest BCUT2D eigenvalue weighted by Crippen LogP contribution is 2.25. The minimum atomic E-state index is -0.726. The normalized spacial score (nSPS) is 12.7. The van der Waals surface area contributed by atoms with Gasteiger partial charge in [0.25, 0.3) is 0 Å². The summed E-state index contributed by atoms with van der Waals surface area (Å²) in [5, 5.41) is 9.15. The number of rotatable bonds is 6. The molecule has 1 heterocycles. The van der Waals surface area contributed by atoms with Crippen LogP contribution in [0.3, 0.4) is 0 Å². The number of carbonyl (C=O) groups is 3. The van der Waals surface area contributed by atoms with Crippen molar-refractivity contribution in [2.24, 2.45) is 5.41 Å². The second kappa shape index (κ2) is 9.84. The van der Waals surface area contributed by atoms with Crippen molar-refractivity contribution in [2.75, 3.05) is 6.61 Å². The predicted octanol–water partition coefficient (Wildman–Crippen LogP) is 5.43. The minimum absolute atomic E-state index is 0.107. The third-order valence-electron chi connectivity index (χ3n) is 5.10. The lowest BCUT2D eigenvalue weighted by Gasteiger charge is -2.20. The lowest BCUT2D eigenvalue weighted by molar-refractivity contribution is 0.0443. The summed E-state index contributed by atoms with van der Waals surface area (Å²) in [5.41, 5.74) is 3.88. The Kier molecular flexibility index (Phi) is 7.69. The first kappa shape index (κ1) is 24.2. The number of esters is 2. The van der Waals surface area contributed by atoms with Crippen LogP contribution >= 0.6 is 0 Å². The largest absolute Gasteiger partial charge is 0.396 e. The molecule has 0 atom stereocenters. The van der Waals surface area contributed by atoms with E-state index in [1.807, 2.05) is 6.92 Å². The molecule has 1 N–H and O–H groups in total. The van der Waals surface area contributed by atoms with E-state index in [0.717, 1.165) is 5.57 Å². The molecule has 5 heteroatoms. The summed E-state index contributed by atoms with van der Waals surface area (Å²) in [6, 6.07) is 12.9. The van der Waals surface area contributed by atoms with Crippen molar-refractivity contribution < 1.29 is 24.2 Å². The monoisotopic (exact) mass is 422 g/mol. The van der Waals surface area contributed by atoms with Gasteiger partial charge in [0.15, 0.2) is 5.78 Å². The Bertz CT molecular complexity index is 997. The summed E-state index contributed by atoms with van der Waals surface area (Å²) in [5.74, 6) is -0.982. The maximum atomic E-state index is 12.1. The first-order chi connectivity index (χ1) is 14.4. The Labute approximate surface area is 183 Å². The fraction of sp³-hybridized carbons (Fsp3) is 0.346. The van der Waals surface area contributed by atoms with Gasteiger partial charge in [0, 0.05) is 18.6 Å². The maximum absolute atomic E-state index is 12.1. The summed E-state index contributed by atoms with van der Waals surface area (Å²) >= 11 is 0. The maximum Gasteiger partial charge on any atom is 0.346 e. The van der Waals surface area contributed by atoms with E-state index >= 15 is 0 Å². The predicted molar refractivity (Wildman–Crippen MR) is 121 cm³/mol. The lowest BCUT2D eigenvalue weighted by Crippen LogP contribution is -2.21. The Balaban J connectivity index is 0.000000245. The van der Waals surface area contributed by atoms with Crippen LogP contribution < -0.4 is 0 Å². The average Bonchev–Trinajstić information content (AvgIpc) is 3.01. The van der Waals surface area contributed by atoms with E-state index in [1.165, 1.54) is 29.3 Å². The Hall–Kier alpha value is -3.05. The van der Waals surface area contributed by atoms with Gasteiger partial charge in [0.2, 0.25) is 0 Å². The third-order valence-corrected chi connectivity index (χ3v) is 5.10.